The molecule has 0 saturated heterocycles. The first-order chi connectivity index (χ1) is 9.21. The third-order valence-corrected chi connectivity index (χ3v) is 3.69. The molecule has 1 heterocycles. The summed E-state index contributed by atoms with van der Waals surface area (Å²) in [4.78, 5) is 2.81. The molecule has 0 aliphatic rings. The van der Waals surface area contributed by atoms with Crippen molar-refractivity contribution in [1.29, 1.82) is 0 Å². The van der Waals surface area contributed by atoms with Crippen molar-refractivity contribution in [2.45, 2.75) is 25.9 Å². The lowest BCUT2D eigenvalue weighted by molar-refractivity contribution is -0.137. The molecule has 1 N–H and O–H groups in total. The number of H-pyrrole nitrogens is 1. The van der Waals surface area contributed by atoms with Gasteiger partial charge < -0.3 is 4.98 Å². The van der Waals surface area contributed by atoms with Crippen LogP contribution in [0.3, 0.4) is 0 Å². The Hall–Kier alpha value is -1.08. The average molecular weight is 365 g/mol. The molecule has 0 atom stereocenters. The summed E-state index contributed by atoms with van der Waals surface area (Å²) >= 11 is 8.19. The number of hydrogen-bond acceptors (Lipinski definition) is 1. The van der Waals surface area contributed by atoms with Gasteiger partial charge in [-0.3, -0.25) is 4.57 Å². The van der Waals surface area contributed by atoms with Gasteiger partial charge >= 0.3 is 6.18 Å². The fourth-order valence-electron chi connectivity index (χ4n) is 1.99. The summed E-state index contributed by atoms with van der Waals surface area (Å²) in [5.74, 6) is 0.0488. The molecule has 20 heavy (non-hydrogen) atoms. The fourth-order valence-corrected chi connectivity index (χ4v) is 2.61. The van der Waals surface area contributed by atoms with E-state index < -0.39 is 11.7 Å². The number of imidazole rings is 1. The maximum atomic E-state index is 13.2. The molecule has 0 unspecified atom stereocenters. The lowest BCUT2D eigenvalue weighted by Crippen LogP contribution is -2.13. The third-order valence-electron chi connectivity index (χ3n) is 2.90. The van der Waals surface area contributed by atoms with Crippen molar-refractivity contribution in [1.82, 2.24) is 9.55 Å². The maximum Gasteiger partial charge on any atom is 0.418 e. The summed E-state index contributed by atoms with van der Waals surface area (Å²) < 4.78 is 41.7. The van der Waals surface area contributed by atoms with Crippen LogP contribution in [0, 0.1) is 4.77 Å². The van der Waals surface area contributed by atoms with E-state index in [0.29, 0.717) is 10.2 Å². The summed E-state index contributed by atoms with van der Waals surface area (Å²) in [6.45, 7) is 3.81. The molecule has 0 saturated carbocycles. The highest BCUT2D eigenvalue weighted by molar-refractivity contribution is 9.10. The van der Waals surface area contributed by atoms with Crippen LogP contribution in [-0.2, 0) is 6.18 Å². The van der Waals surface area contributed by atoms with Crippen LogP contribution in [0.25, 0.3) is 5.69 Å². The van der Waals surface area contributed by atoms with Gasteiger partial charge in [-0.15, -0.1) is 0 Å². The molecule has 2 nitrogen and oxygen atoms in total. The van der Waals surface area contributed by atoms with E-state index in [9.17, 15) is 13.2 Å². The van der Waals surface area contributed by atoms with E-state index in [4.69, 9.17) is 12.2 Å². The second kappa shape index (κ2) is 5.37. The molecular formula is C13H12BrF3N2S. The van der Waals surface area contributed by atoms with Crippen molar-refractivity contribution >= 4 is 28.1 Å². The van der Waals surface area contributed by atoms with Crippen molar-refractivity contribution in [3.63, 3.8) is 0 Å². The Morgan fingerprint density at radius 2 is 1.95 bits per heavy atom. The quantitative estimate of drug-likeness (QED) is 0.703. The van der Waals surface area contributed by atoms with Crippen LogP contribution in [0.5, 0.6) is 0 Å². The predicted octanol–water partition coefficient (Wildman–Crippen LogP) is 5.44. The molecule has 0 fully saturated rings. The van der Waals surface area contributed by atoms with Crippen LogP contribution >= 0.6 is 28.1 Å². The Balaban J connectivity index is 2.77. The van der Waals surface area contributed by atoms with E-state index in [0.717, 1.165) is 6.07 Å². The fraction of sp³-hybridized carbons (Fsp3) is 0.308. The first-order valence-corrected chi connectivity index (χ1v) is 7.09. The van der Waals surface area contributed by atoms with Crippen molar-refractivity contribution in [2.24, 2.45) is 0 Å². The second-order valence-electron chi connectivity index (χ2n) is 4.67. The van der Waals surface area contributed by atoms with Crippen molar-refractivity contribution in [2.75, 3.05) is 0 Å². The van der Waals surface area contributed by atoms with Gasteiger partial charge in [-0.2, -0.15) is 13.2 Å². The minimum Gasteiger partial charge on any atom is -0.337 e. The van der Waals surface area contributed by atoms with Gasteiger partial charge in [0.05, 0.1) is 11.3 Å². The lowest BCUT2D eigenvalue weighted by atomic mass is 10.1. The van der Waals surface area contributed by atoms with E-state index >= 15 is 0 Å². The van der Waals surface area contributed by atoms with Gasteiger partial charge in [0.2, 0.25) is 0 Å². The van der Waals surface area contributed by atoms with Crippen LogP contribution in [-0.4, -0.2) is 9.55 Å². The van der Waals surface area contributed by atoms with Crippen molar-refractivity contribution in [3.05, 3.63) is 44.9 Å². The van der Waals surface area contributed by atoms with Crippen molar-refractivity contribution < 1.29 is 13.2 Å². The monoisotopic (exact) mass is 364 g/mol. The Kier molecular flexibility index (Phi) is 4.11. The highest BCUT2D eigenvalue weighted by Crippen LogP contribution is 2.36. The Bertz CT molecular complexity index is 686. The predicted molar refractivity (Wildman–Crippen MR) is 77.7 cm³/mol. The molecule has 0 aliphatic heterocycles. The summed E-state index contributed by atoms with van der Waals surface area (Å²) in [6, 6.07) is 4.06. The molecule has 1 aromatic carbocycles. The molecule has 0 aliphatic carbocycles. The highest BCUT2D eigenvalue weighted by atomic mass is 79.9. The third kappa shape index (κ3) is 2.83. The standard InChI is InChI=1S/C13H12BrF3N2S/c1-7(2)11-6-18-12(20)19(11)10-4-3-8(14)5-9(10)13(15,16)17/h3-7H,1-2H3,(H,18,20). The molecule has 0 amide bonds. The molecule has 7 heteroatoms. The SMILES string of the molecule is CC(C)c1c[nH]c(=S)n1-c1ccc(Br)cc1C(F)(F)F. The smallest absolute Gasteiger partial charge is 0.337 e. The first kappa shape index (κ1) is 15.3. The number of aromatic nitrogens is 2. The lowest BCUT2D eigenvalue weighted by Gasteiger charge is -2.17. The average Bonchev–Trinajstić information content (AvgIpc) is 2.70. The number of nitrogens with one attached hydrogen (secondary N) is 1. The van der Waals surface area contributed by atoms with Gasteiger partial charge in [-0.05, 0) is 36.3 Å². The molecule has 1 aromatic heterocycles. The molecular weight excluding hydrogens is 353 g/mol. The number of nitrogens with zero attached hydrogens (tertiary/aromatic N) is 1. The summed E-state index contributed by atoms with van der Waals surface area (Å²) in [6.07, 6.45) is -2.80. The minimum absolute atomic E-state index is 0.0376. The van der Waals surface area contributed by atoms with Gasteiger partial charge in [0, 0.05) is 16.4 Å². The number of benzene rings is 1. The van der Waals surface area contributed by atoms with Crippen LogP contribution in [0.4, 0.5) is 13.2 Å². The molecule has 108 valence electrons. The minimum atomic E-state index is -4.45. The van der Waals surface area contributed by atoms with Gasteiger partial charge in [-0.25, -0.2) is 0 Å². The summed E-state index contributed by atoms with van der Waals surface area (Å²) in [5, 5.41) is 0. The van der Waals surface area contributed by atoms with Gasteiger partial charge in [0.25, 0.3) is 0 Å². The van der Waals surface area contributed by atoms with E-state index in [2.05, 4.69) is 20.9 Å². The Morgan fingerprint density at radius 3 is 2.50 bits per heavy atom. The van der Waals surface area contributed by atoms with Crippen LogP contribution in [0.2, 0.25) is 0 Å². The topological polar surface area (TPSA) is 20.7 Å². The van der Waals surface area contributed by atoms with Crippen LogP contribution in [0.15, 0.2) is 28.9 Å². The van der Waals surface area contributed by atoms with E-state index in [1.165, 1.54) is 10.6 Å². The van der Waals surface area contributed by atoms with E-state index in [-0.39, 0.29) is 16.4 Å². The van der Waals surface area contributed by atoms with E-state index in [1.54, 1.807) is 12.3 Å². The number of aromatic amines is 1. The maximum absolute atomic E-state index is 13.2. The molecule has 0 bridgehead atoms. The molecule has 2 aromatic rings. The largest absolute Gasteiger partial charge is 0.418 e. The zero-order valence-electron chi connectivity index (χ0n) is 10.8. The normalized spacial score (nSPS) is 12.2. The number of rotatable bonds is 2. The van der Waals surface area contributed by atoms with Gasteiger partial charge in [0.15, 0.2) is 4.77 Å². The number of alkyl halides is 3. The van der Waals surface area contributed by atoms with Crippen molar-refractivity contribution in [3.8, 4) is 5.69 Å². The molecule has 0 spiro atoms. The van der Waals surface area contributed by atoms with Crippen LogP contribution in [0.1, 0.15) is 31.0 Å². The Morgan fingerprint density at radius 1 is 1.30 bits per heavy atom. The number of hydrogen-bond donors (Lipinski definition) is 1. The van der Waals surface area contributed by atoms with Gasteiger partial charge in [-0.1, -0.05) is 29.8 Å². The summed E-state index contributed by atoms with van der Waals surface area (Å²) in [5.41, 5.74) is 0.0305. The molecule has 0 radical (unpaired) electrons. The van der Waals surface area contributed by atoms with Gasteiger partial charge in [0.1, 0.15) is 0 Å². The second-order valence-corrected chi connectivity index (χ2v) is 5.97. The zero-order valence-corrected chi connectivity index (χ0v) is 13.2. The van der Waals surface area contributed by atoms with Crippen LogP contribution < -0.4 is 0 Å². The number of halogens is 4. The highest BCUT2D eigenvalue weighted by Gasteiger charge is 2.34. The summed E-state index contributed by atoms with van der Waals surface area (Å²) in [7, 11) is 0. The van der Waals surface area contributed by atoms with E-state index in [1.807, 2.05) is 13.8 Å². The zero-order chi connectivity index (χ0) is 15.1. The Labute approximate surface area is 127 Å². The first-order valence-electron chi connectivity index (χ1n) is 5.89. The molecule has 2 rings (SSSR count).